The minimum atomic E-state index is -0.0749. The molecule has 1 aliphatic rings. The Bertz CT molecular complexity index is 1290. The van der Waals surface area contributed by atoms with E-state index < -0.39 is 0 Å². The minimum Gasteiger partial charge on any atom is -0.371 e. The molecule has 1 aliphatic heterocycles. The molecule has 0 bridgehead atoms. The van der Waals surface area contributed by atoms with Crippen molar-refractivity contribution in [1.29, 1.82) is 0 Å². The Hall–Kier alpha value is -4.19. The quantitative estimate of drug-likeness (QED) is 0.255. The van der Waals surface area contributed by atoms with Crippen LogP contribution in [-0.2, 0) is 13.0 Å². The van der Waals surface area contributed by atoms with Crippen LogP contribution in [0.2, 0.25) is 0 Å². The van der Waals surface area contributed by atoms with E-state index >= 15 is 0 Å². The predicted octanol–water partition coefficient (Wildman–Crippen LogP) is 6.58. The molecule has 0 saturated carbocycles. The molecule has 2 heterocycles. The maximum absolute atomic E-state index is 13.2. The molecule has 0 aliphatic carbocycles. The summed E-state index contributed by atoms with van der Waals surface area (Å²) in [6.45, 7) is 2.60. The van der Waals surface area contributed by atoms with Crippen molar-refractivity contribution in [2.75, 3.05) is 28.6 Å². The first-order chi connectivity index (χ1) is 18.7. The molecule has 194 valence electrons. The fourth-order valence-electron chi connectivity index (χ4n) is 5.12. The van der Waals surface area contributed by atoms with Gasteiger partial charge in [-0.3, -0.25) is 4.79 Å². The van der Waals surface area contributed by atoms with Crippen LogP contribution in [0, 0.1) is 5.92 Å². The van der Waals surface area contributed by atoms with Crippen LogP contribution in [-0.4, -0.2) is 29.0 Å². The Labute approximate surface area is 225 Å². The first-order valence-electron chi connectivity index (χ1n) is 13.5. The third kappa shape index (κ3) is 6.97. The predicted molar refractivity (Wildman–Crippen MR) is 155 cm³/mol. The van der Waals surface area contributed by atoms with Gasteiger partial charge in [0.05, 0.1) is 5.56 Å². The number of carbonyl (C=O) groups excluding carboxylic acids is 1. The molecular formula is C32H35N5O. The maximum Gasteiger partial charge on any atom is 0.257 e. The van der Waals surface area contributed by atoms with E-state index in [0.29, 0.717) is 12.5 Å². The highest BCUT2D eigenvalue weighted by molar-refractivity contribution is 6.08. The Balaban J connectivity index is 1.12. The smallest absolute Gasteiger partial charge is 0.257 e. The standard InChI is InChI=1S/C32H35N5O/c38-31(36-28-16-14-27(15-17-28)24-35-32-33-20-7-21-34-32)29-12-4-5-13-30(29)37-22-18-26(19-23-37)11-6-10-25-8-2-1-3-9-25/h1-5,7-9,12-17,20-21,26H,6,10-11,18-19,22-24H2,(H,36,38)(H,33,34,35). The van der Waals surface area contributed by atoms with Crippen LogP contribution in [0.3, 0.4) is 0 Å². The normalized spacial score (nSPS) is 13.7. The third-order valence-corrected chi connectivity index (χ3v) is 7.25. The number of benzene rings is 3. The Morgan fingerprint density at radius 2 is 1.53 bits per heavy atom. The summed E-state index contributed by atoms with van der Waals surface area (Å²) in [6, 6.07) is 28.4. The van der Waals surface area contributed by atoms with Gasteiger partial charge in [-0.15, -0.1) is 0 Å². The summed E-state index contributed by atoms with van der Waals surface area (Å²) in [4.78, 5) is 24.0. The molecule has 0 unspecified atom stereocenters. The number of piperidine rings is 1. The summed E-state index contributed by atoms with van der Waals surface area (Å²) in [5.41, 5.74) is 5.04. The molecule has 2 N–H and O–H groups in total. The molecule has 5 rings (SSSR count). The van der Waals surface area contributed by atoms with E-state index in [2.05, 4.69) is 61.9 Å². The van der Waals surface area contributed by atoms with Crippen molar-refractivity contribution in [3.8, 4) is 0 Å². The van der Waals surface area contributed by atoms with E-state index in [1.54, 1.807) is 18.5 Å². The van der Waals surface area contributed by atoms with Crippen LogP contribution < -0.4 is 15.5 Å². The highest BCUT2D eigenvalue weighted by Gasteiger charge is 2.22. The Morgan fingerprint density at radius 1 is 0.816 bits per heavy atom. The highest BCUT2D eigenvalue weighted by atomic mass is 16.1. The van der Waals surface area contributed by atoms with Crippen LogP contribution >= 0.6 is 0 Å². The van der Waals surface area contributed by atoms with Crippen LogP contribution in [0.1, 0.15) is 47.2 Å². The largest absolute Gasteiger partial charge is 0.371 e. The van der Waals surface area contributed by atoms with Crippen molar-refractivity contribution in [3.63, 3.8) is 0 Å². The molecule has 1 aromatic heterocycles. The lowest BCUT2D eigenvalue weighted by atomic mass is 9.90. The minimum absolute atomic E-state index is 0.0749. The fraction of sp³-hybridized carbons (Fsp3) is 0.281. The number of hydrogen-bond acceptors (Lipinski definition) is 5. The van der Waals surface area contributed by atoms with Gasteiger partial charge in [-0.25, -0.2) is 9.97 Å². The second-order valence-corrected chi connectivity index (χ2v) is 9.90. The second kappa shape index (κ2) is 12.9. The molecule has 0 spiro atoms. The molecule has 1 fully saturated rings. The van der Waals surface area contributed by atoms with Gasteiger partial charge in [0.1, 0.15) is 0 Å². The van der Waals surface area contributed by atoms with Crippen molar-refractivity contribution < 1.29 is 4.79 Å². The van der Waals surface area contributed by atoms with E-state index in [1.807, 2.05) is 42.5 Å². The Kier molecular flexibility index (Phi) is 8.62. The average molecular weight is 506 g/mol. The van der Waals surface area contributed by atoms with Crippen LogP contribution in [0.5, 0.6) is 0 Å². The van der Waals surface area contributed by atoms with Crippen molar-refractivity contribution >= 4 is 23.2 Å². The molecule has 6 heteroatoms. The number of amides is 1. The highest BCUT2D eigenvalue weighted by Crippen LogP contribution is 2.29. The zero-order valence-corrected chi connectivity index (χ0v) is 21.7. The van der Waals surface area contributed by atoms with Crippen LogP contribution in [0.15, 0.2) is 97.3 Å². The summed E-state index contributed by atoms with van der Waals surface area (Å²) in [6.07, 6.45) is 9.44. The number of nitrogens with zero attached hydrogens (tertiary/aromatic N) is 3. The summed E-state index contributed by atoms with van der Waals surface area (Å²) in [5, 5.41) is 6.28. The molecule has 6 nitrogen and oxygen atoms in total. The van der Waals surface area contributed by atoms with E-state index in [0.717, 1.165) is 47.9 Å². The lowest BCUT2D eigenvalue weighted by Crippen LogP contribution is -2.35. The zero-order valence-electron chi connectivity index (χ0n) is 21.7. The van der Waals surface area contributed by atoms with Gasteiger partial charge in [-0.1, -0.05) is 54.6 Å². The SMILES string of the molecule is O=C(Nc1ccc(CNc2ncccn2)cc1)c1ccccc1N1CCC(CCCc2ccccc2)CC1. The molecule has 1 saturated heterocycles. The van der Waals surface area contributed by atoms with Gasteiger partial charge in [0.15, 0.2) is 0 Å². The molecule has 4 aromatic rings. The van der Waals surface area contributed by atoms with Gasteiger partial charge in [0.2, 0.25) is 5.95 Å². The molecule has 1 amide bonds. The fourth-order valence-corrected chi connectivity index (χ4v) is 5.12. The molecule has 3 aromatic carbocycles. The lowest BCUT2D eigenvalue weighted by molar-refractivity contribution is 0.102. The number of carbonyl (C=O) groups is 1. The second-order valence-electron chi connectivity index (χ2n) is 9.90. The van der Waals surface area contributed by atoms with E-state index in [1.165, 1.54) is 31.2 Å². The molecule has 0 atom stereocenters. The summed E-state index contributed by atoms with van der Waals surface area (Å²) >= 11 is 0. The summed E-state index contributed by atoms with van der Waals surface area (Å²) in [5.74, 6) is 1.28. The lowest BCUT2D eigenvalue weighted by Gasteiger charge is -2.34. The first kappa shape index (κ1) is 25.5. The van der Waals surface area contributed by atoms with E-state index in [4.69, 9.17) is 0 Å². The van der Waals surface area contributed by atoms with Crippen molar-refractivity contribution in [2.24, 2.45) is 5.92 Å². The van der Waals surface area contributed by atoms with E-state index in [9.17, 15) is 4.79 Å². The molecule has 0 radical (unpaired) electrons. The Morgan fingerprint density at radius 3 is 2.29 bits per heavy atom. The van der Waals surface area contributed by atoms with Crippen LogP contribution in [0.25, 0.3) is 0 Å². The number of anilines is 3. The average Bonchev–Trinajstić information content (AvgIpc) is 2.98. The van der Waals surface area contributed by atoms with Gasteiger partial charge in [0, 0.05) is 43.4 Å². The molecular weight excluding hydrogens is 470 g/mol. The number of aryl methyl sites for hydroxylation is 1. The van der Waals surface area contributed by atoms with Crippen LogP contribution in [0.4, 0.5) is 17.3 Å². The zero-order chi connectivity index (χ0) is 26.0. The topological polar surface area (TPSA) is 70.1 Å². The van der Waals surface area contributed by atoms with Gasteiger partial charge < -0.3 is 15.5 Å². The van der Waals surface area contributed by atoms with Crippen molar-refractivity contribution in [3.05, 3.63) is 114 Å². The van der Waals surface area contributed by atoms with Gasteiger partial charge in [0.25, 0.3) is 5.91 Å². The number of rotatable bonds is 10. The number of nitrogens with one attached hydrogen (secondary N) is 2. The summed E-state index contributed by atoms with van der Waals surface area (Å²) < 4.78 is 0. The number of aromatic nitrogens is 2. The third-order valence-electron chi connectivity index (χ3n) is 7.25. The monoisotopic (exact) mass is 505 g/mol. The number of para-hydroxylation sites is 1. The van der Waals surface area contributed by atoms with Crippen molar-refractivity contribution in [2.45, 2.75) is 38.6 Å². The van der Waals surface area contributed by atoms with Gasteiger partial charge >= 0.3 is 0 Å². The van der Waals surface area contributed by atoms with E-state index in [-0.39, 0.29) is 5.91 Å². The van der Waals surface area contributed by atoms with Crippen molar-refractivity contribution in [1.82, 2.24) is 9.97 Å². The van der Waals surface area contributed by atoms with Gasteiger partial charge in [-0.05, 0) is 79.5 Å². The number of hydrogen-bond donors (Lipinski definition) is 2. The first-order valence-corrected chi connectivity index (χ1v) is 13.5. The maximum atomic E-state index is 13.2. The molecule has 38 heavy (non-hydrogen) atoms. The summed E-state index contributed by atoms with van der Waals surface area (Å²) in [7, 11) is 0. The van der Waals surface area contributed by atoms with Gasteiger partial charge in [-0.2, -0.15) is 0 Å².